The minimum Gasteiger partial charge on any atom is -0.314 e. The molecule has 1 heterocycles. The number of nitrogens with zero attached hydrogens (tertiary/aromatic N) is 2. The summed E-state index contributed by atoms with van der Waals surface area (Å²) in [5, 5.41) is 3.36. The third-order valence-corrected chi connectivity index (χ3v) is 3.62. The molecule has 106 valence electrons. The maximum Gasteiger partial charge on any atom is 0.130 e. The van der Waals surface area contributed by atoms with Crippen molar-refractivity contribution in [1.29, 1.82) is 0 Å². The standard InChI is InChI=1S/C14H21F2N3/c1-18(10-13-8-17-5-6-19(13)2)9-11-3-4-12(15)7-14(11)16/h3-4,7,13,17H,5-6,8-10H2,1-2H3. The third-order valence-electron chi connectivity index (χ3n) is 3.62. The monoisotopic (exact) mass is 269 g/mol. The van der Waals surface area contributed by atoms with E-state index in [0.29, 0.717) is 18.2 Å². The van der Waals surface area contributed by atoms with E-state index in [4.69, 9.17) is 0 Å². The smallest absolute Gasteiger partial charge is 0.130 e. The van der Waals surface area contributed by atoms with Crippen LogP contribution in [0.4, 0.5) is 8.78 Å². The third kappa shape index (κ3) is 3.96. The predicted molar refractivity (Wildman–Crippen MR) is 72.0 cm³/mol. The van der Waals surface area contributed by atoms with Crippen LogP contribution in [-0.4, -0.2) is 56.1 Å². The first kappa shape index (κ1) is 14.4. The summed E-state index contributed by atoms with van der Waals surface area (Å²) in [4.78, 5) is 4.39. The second-order valence-corrected chi connectivity index (χ2v) is 5.27. The van der Waals surface area contributed by atoms with Crippen molar-refractivity contribution in [1.82, 2.24) is 15.1 Å². The Morgan fingerprint density at radius 1 is 1.42 bits per heavy atom. The SMILES string of the molecule is CN(Cc1ccc(F)cc1F)CC1CNCCN1C. The van der Waals surface area contributed by atoms with Gasteiger partial charge in [0.2, 0.25) is 0 Å². The van der Waals surface area contributed by atoms with E-state index in [0.717, 1.165) is 32.2 Å². The molecule has 0 spiro atoms. The van der Waals surface area contributed by atoms with Crippen LogP contribution in [0, 0.1) is 11.6 Å². The van der Waals surface area contributed by atoms with Crippen LogP contribution in [0.25, 0.3) is 0 Å². The lowest BCUT2D eigenvalue weighted by molar-refractivity contribution is 0.149. The van der Waals surface area contributed by atoms with Crippen molar-refractivity contribution in [2.45, 2.75) is 12.6 Å². The summed E-state index contributed by atoms with van der Waals surface area (Å²) in [6.45, 7) is 4.36. The van der Waals surface area contributed by atoms with E-state index in [2.05, 4.69) is 22.2 Å². The van der Waals surface area contributed by atoms with Crippen LogP contribution in [0.3, 0.4) is 0 Å². The summed E-state index contributed by atoms with van der Waals surface area (Å²) in [5.41, 5.74) is 0.537. The summed E-state index contributed by atoms with van der Waals surface area (Å²) in [6, 6.07) is 4.20. The maximum atomic E-state index is 13.6. The van der Waals surface area contributed by atoms with E-state index in [1.54, 1.807) is 0 Å². The van der Waals surface area contributed by atoms with Crippen LogP contribution in [0.1, 0.15) is 5.56 Å². The van der Waals surface area contributed by atoms with Gasteiger partial charge in [0, 0.05) is 50.4 Å². The molecule has 1 atom stereocenters. The van der Waals surface area contributed by atoms with E-state index in [1.165, 1.54) is 12.1 Å². The number of piperazine rings is 1. The molecule has 1 aliphatic heterocycles. The normalized spacial score (nSPS) is 21.0. The molecule has 0 aliphatic carbocycles. The molecule has 1 N–H and O–H groups in total. The highest BCUT2D eigenvalue weighted by Crippen LogP contribution is 2.12. The molecule has 1 aromatic carbocycles. The molecule has 5 heteroatoms. The van der Waals surface area contributed by atoms with E-state index in [1.807, 2.05) is 7.05 Å². The van der Waals surface area contributed by atoms with E-state index in [-0.39, 0.29) is 0 Å². The zero-order valence-electron chi connectivity index (χ0n) is 11.5. The Morgan fingerprint density at radius 2 is 2.21 bits per heavy atom. The predicted octanol–water partition coefficient (Wildman–Crippen LogP) is 1.30. The van der Waals surface area contributed by atoms with Crippen LogP contribution in [0.5, 0.6) is 0 Å². The van der Waals surface area contributed by atoms with Crippen LogP contribution in [-0.2, 0) is 6.54 Å². The van der Waals surface area contributed by atoms with Crippen LogP contribution in [0.2, 0.25) is 0 Å². The minimum atomic E-state index is -0.528. The fourth-order valence-electron chi connectivity index (χ4n) is 2.43. The topological polar surface area (TPSA) is 18.5 Å². The fourth-order valence-corrected chi connectivity index (χ4v) is 2.43. The first-order valence-corrected chi connectivity index (χ1v) is 6.59. The molecule has 1 saturated heterocycles. The average Bonchev–Trinajstić information content (AvgIpc) is 2.36. The van der Waals surface area contributed by atoms with Crippen molar-refractivity contribution in [2.24, 2.45) is 0 Å². The van der Waals surface area contributed by atoms with Gasteiger partial charge in [0.1, 0.15) is 11.6 Å². The van der Waals surface area contributed by atoms with Gasteiger partial charge in [-0.05, 0) is 20.2 Å². The van der Waals surface area contributed by atoms with Gasteiger partial charge in [-0.2, -0.15) is 0 Å². The molecule has 0 radical (unpaired) electrons. The van der Waals surface area contributed by atoms with Gasteiger partial charge in [-0.1, -0.05) is 6.07 Å². The Hall–Kier alpha value is -1.04. The zero-order chi connectivity index (χ0) is 13.8. The highest BCUT2D eigenvalue weighted by atomic mass is 19.1. The average molecular weight is 269 g/mol. The van der Waals surface area contributed by atoms with Crippen molar-refractivity contribution in [2.75, 3.05) is 40.3 Å². The summed E-state index contributed by atoms with van der Waals surface area (Å²) in [7, 11) is 4.07. The van der Waals surface area contributed by atoms with Crippen molar-refractivity contribution in [3.63, 3.8) is 0 Å². The molecule has 0 amide bonds. The maximum absolute atomic E-state index is 13.6. The molecule has 0 bridgehead atoms. The Bertz CT molecular complexity index is 425. The summed E-state index contributed by atoms with van der Waals surface area (Å²) in [6.07, 6.45) is 0. The molecule has 3 nitrogen and oxygen atoms in total. The first-order chi connectivity index (χ1) is 9.06. The van der Waals surface area contributed by atoms with Crippen molar-refractivity contribution >= 4 is 0 Å². The summed E-state index contributed by atoms with van der Waals surface area (Å²) < 4.78 is 26.4. The number of nitrogens with one attached hydrogen (secondary N) is 1. The molecular formula is C14H21F2N3. The number of halogens is 2. The lowest BCUT2D eigenvalue weighted by Gasteiger charge is -2.35. The molecule has 1 unspecified atom stereocenters. The molecule has 0 saturated carbocycles. The number of hydrogen-bond donors (Lipinski definition) is 1. The highest BCUT2D eigenvalue weighted by molar-refractivity contribution is 5.18. The summed E-state index contributed by atoms with van der Waals surface area (Å²) in [5.74, 6) is -0.998. The molecule has 0 aromatic heterocycles. The van der Waals surface area contributed by atoms with Gasteiger partial charge in [-0.25, -0.2) is 8.78 Å². The zero-order valence-corrected chi connectivity index (χ0v) is 11.5. The molecular weight excluding hydrogens is 248 g/mol. The molecule has 19 heavy (non-hydrogen) atoms. The lowest BCUT2D eigenvalue weighted by Crippen LogP contribution is -2.53. The van der Waals surface area contributed by atoms with E-state index < -0.39 is 11.6 Å². The number of likely N-dealkylation sites (N-methyl/N-ethyl adjacent to an activating group) is 2. The Balaban J connectivity index is 1.91. The van der Waals surface area contributed by atoms with Gasteiger partial charge in [-0.15, -0.1) is 0 Å². The highest BCUT2D eigenvalue weighted by Gasteiger charge is 2.20. The van der Waals surface area contributed by atoms with E-state index in [9.17, 15) is 8.78 Å². The molecule has 2 rings (SSSR count). The number of hydrogen-bond acceptors (Lipinski definition) is 3. The second-order valence-electron chi connectivity index (χ2n) is 5.27. The van der Waals surface area contributed by atoms with Gasteiger partial charge in [-0.3, -0.25) is 4.90 Å². The second kappa shape index (κ2) is 6.41. The van der Waals surface area contributed by atoms with Gasteiger partial charge in [0.05, 0.1) is 0 Å². The Morgan fingerprint density at radius 3 is 2.89 bits per heavy atom. The molecule has 1 aliphatic rings. The first-order valence-electron chi connectivity index (χ1n) is 6.59. The fraction of sp³-hybridized carbons (Fsp3) is 0.571. The quantitative estimate of drug-likeness (QED) is 0.889. The van der Waals surface area contributed by atoms with Crippen LogP contribution >= 0.6 is 0 Å². The molecule has 1 fully saturated rings. The largest absolute Gasteiger partial charge is 0.314 e. The van der Waals surface area contributed by atoms with Gasteiger partial charge < -0.3 is 10.2 Å². The van der Waals surface area contributed by atoms with Gasteiger partial charge in [0.25, 0.3) is 0 Å². The van der Waals surface area contributed by atoms with Crippen LogP contribution < -0.4 is 5.32 Å². The Kier molecular flexibility index (Phi) is 4.85. The molecule has 1 aromatic rings. The van der Waals surface area contributed by atoms with Crippen molar-refractivity contribution < 1.29 is 8.78 Å². The minimum absolute atomic E-state index is 0.433. The number of benzene rings is 1. The van der Waals surface area contributed by atoms with Crippen LogP contribution in [0.15, 0.2) is 18.2 Å². The van der Waals surface area contributed by atoms with Gasteiger partial charge >= 0.3 is 0 Å². The number of rotatable bonds is 4. The van der Waals surface area contributed by atoms with Crippen molar-refractivity contribution in [3.8, 4) is 0 Å². The van der Waals surface area contributed by atoms with Crippen molar-refractivity contribution in [3.05, 3.63) is 35.4 Å². The van der Waals surface area contributed by atoms with E-state index >= 15 is 0 Å². The summed E-state index contributed by atoms with van der Waals surface area (Å²) >= 11 is 0. The lowest BCUT2D eigenvalue weighted by atomic mass is 10.1. The van der Waals surface area contributed by atoms with Gasteiger partial charge in [0.15, 0.2) is 0 Å². The Labute approximate surface area is 113 Å².